The van der Waals surface area contributed by atoms with E-state index in [0.29, 0.717) is 22.4 Å². The fraction of sp³-hybridized carbons (Fsp3) is 0.316. The Morgan fingerprint density at radius 2 is 1.81 bits per heavy atom. The largest absolute Gasteiger partial charge is 0.495 e. The number of carbonyl (C=O) groups excluding carboxylic acids is 1. The number of ether oxygens (including phenoxy) is 1. The number of carbonyl (C=O) groups is 1. The summed E-state index contributed by atoms with van der Waals surface area (Å²) >= 11 is 6.01. The van der Waals surface area contributed by atoms with E-state index in [0.717, 1.165) is 5.56 Å². The molecule has 0 aliphatic carbocycles. The number of hydrogen-bond donors (Lipinski definition) is 2. The third-order valence-corrected chi connectivity index (χ3v) is 5.71. The van der Waals surface area contributed by atoms with Gasteiger partial charge in [-0.2, -0.15) is 0 Å². The molecule has 0 aromatic heterocycles. The average molecular weight is 411 g/mol. The van der Waals surface area contributed by atoms with Gasteiger partial charge in [0.25, 0.3) is 0 Å². The highest BCUT2D eigenvalue weighted by Crippen LogP contribution is 2.27. The SMILES string of the molecule is COc1ccc(NC(=O)CCNS(=O)(=O)c2ccc(C(C)C)cc2)cc1Cl. The van der Waals surface area contributed by atoms with Crippen LogP contribution in [0, 0.1) is 0 Å². The maximum atomic E-state index is 12.3. The highest BCUT2D eigenvalue weighted by molar-refractivity contribution is 7.89. The first-order chi connectivity index (χ1) is 12.7. The third-order valence-electron chi connectivity index (χ3n) is 3.94. The van der Waals surface area contributed by atoms with Gasteiger partial charge in [-0.15, -0.1) is 0 Å². The molecule has 0 saturated carbocycles. The quantitative estimate of drug-likeness (QED) is 0.693. The number of sulfonamides is 1. The van der Waals surface area contributed by atoms with Crippen LogP contribution in [0.4, 0.5) is 5.69 Å². The summed E-state index contributed by atoms with van der Waals surface area (Å²) in [6.07, 6.45) is -0.00699. The molecule has 0 heterocycles. The van der Waals surface area contributed by atoms with Crippen molar-refractivity contribution in [2.45, 2.75) is 31.1 Å². The number of benzene rings is 2. The topological polar surface area (TPSA) is 84.5 Å². The summed E-state index contributed by atoms with van der Waals surface area (Å²) in [5, 5.41) is 3.04. The number of nitrogens with one attached hydrogen (secondary N) is 2. The second-order valence-corrected chi connectivity index (χ2v) is 8.44. The fourth-order valence-electron chi connectivity index (χ4n) is 2.38. The molecule has 0 spiro atoms. The van der Waals surface area contributed by atoms with Gasteiger partial charge in [-0.25, -0.2) is 13.1 Å². The van der Waals surface area contributed by atoms with Gasteiger partial charge in [0.15, 0.2) is 0 Å². The van der Waals surface area contributed by atoms with Crippen LogP contribution in [0.5, 0.6) is 5.75 Å². The highest BCUT2D eigenvalue weighted by Gasteiger charge is 2.15. The number of hydrogen-bond acceptors (Lipinski definition) is 4. The van der Waals surface area contributed by atoms with Crippen LogP contribution in [0.25, 0.3) is 0 Å². The number of methoxy groups -OCH3 is 1. The van der Waals surface area contributed by atoms with E-state index in [1.165, 1.54) is 7.11 Å². The molecule has 1 amide bonds. The van der Waals surface area contributed by atoms with Crippen LogP contribution >= 0.6 is 11.6 Å². The van der Waals surface area contributed by atoms with Crippen LogP contribution in [0.1, 0.15) is 31.7 Å². The van der Waals surface area contributed by atoms with Crippen molar-refractivity contribution in [1.29, 1.82) is 0 Å². The molecule has 0 fully saturated rings. The van der Waals surface area contributed by atoms with Crippen molar-refractivity contribution in [3.05, 3.63) is 53.1 Å². The monoisotopic (exact) mass is 410 g/mol. The zero-order valence-corrected chi connectivity index (χ0v) is 17.0. The first-order valence-corrected chi connectivity index (χ1v) is 10.3. The van der Waals surface area contributed by atoms with E-state index >= 15 is 0 Å². The second kappa shape index (κ2) is 9.21. The Balaban J connectivity index is 1.89. The number of rotatable bonds is 8. The second-order valence-electron chi connectivity index (χ2n) is 6.27. The molecule has 2 rings (SSSR count). The van der Waals surface area contributed by atoms with Gasteiger partial charge in [-0.3, -0.25) is 4.79 Å². The van der Waals surface area contributed by atoms with E-state index in [2.05, 4.69) is 10.0 Å². The van der Waals surface area contributed by atoms with Crippen LogP contribution in [0.3, 0.4) is 0 Å². The zero-order valence-electron chi connectivity index (χ0n) is 15.5. The van der Waals surface area contributed by atoms with Gasteiger partial charge in [0.1, 0.15) is 5.75 Å². The van der Waals surface area contributed by atoms with Crippen LogP contribution in [-0.4, -0.2) is 28.0 Å². The van der Waals surface area contributed by atoms with Gasteiger partial charge in [-0.05, 0) is 41.8 Å². The molecule has 0 radical (unpaired) electrons. The maximum absolute atomic E-state index is 12.3. The van der Waals surface area contributed by atoms with E-state index in [-0.39, 0.29) is 23.8 Å². The molecule has 0 saturated heterocycles. The van der Waals surface area contributed by atoms with E-state index in [4.69, 9.17) is 16.3 Å². The van der Waals surface area contributed by atoms with Crippen molar-refractivity contribution in [2.24, 2.45) is 0 Å². The molecule has 0 unspecified atom stereocenters. The van der Waals surface area contributed by atoms with Gasteiger partial charge >= 0.3 is 0 Å². The Labute approximate surface area is 164 Å². The lowest BCUT2D eigenvalue weighted by Crippen LogP contribution is -2.27. The summed E-state index contributed by atoms with van der Waals surface area (Å²) in [5.74, 6) is 0.505. The Hall–Kier alpha value is -2.09. The number of amides is 1. The van der Waals surface area contributed by atoms with Crippen LogP contribution in [-0.2, 0) is 14.8 Å². The van der Waals surface area contributed by atoms with Crippen molar-refractivity contribution in [2.75, 3.05) is 19.0 Å². The van der Waals surface area contributed by atoms with Crippen molar-refractivity contribution in [1.82, 2.24) is 4.72 Å². The minimum atomic E-state index is -3.65. The first kappa shape index (κ1) is 21.2. The lowest BCUT2D eigenvalue weighted by atomic mass is 10.0. The van der Waals surface area contributed by atoms with Crippen LogP contribution in [0.15, 0.2) is 47.4 Å². The lowest BCUT2D eigenvalue weighted by molar-refractivity contribution is -0.116. The van der Waals surface area contributed by atoms with Crippen molar-refractivity contribution >= 4 is 33.2 Å². The summed E-state index contributed by atoms with van der Waals surface area (Å²) in [5.41, 5.74) is 1.57. The lowest BCUT2D eigenvalue weighted by Gasteiger charge is -2.10. The summed E-state index contributed by atoms with van der Waals surface area (Å²) < 4.78 is 32.1. The minimum Gasteiger partial charge on any atom is -0.495 e. The third kappa shape index (κ3) is 5.95. The van der Waals surface area contributed by atoms with Crippen LogP contribution in [0.2, 0.25) is 5.02 Å². The summed E-state index contributed by atoms with van der Waals surface area (Å²) in [7, 11) is -2.15. The van der Waals surface area contributed by atoms with Crippen molar-refractivity contribution in [3.8, 4) is 5.75 Å². The van der Waals surface area contributed by atoms with E-state index < -0.39 is 10.0 Å². The first-order valence-electron chi connectivity index (χ1n) is 8.46. The summed E-state index contributed by atoms with van der Waals surface area (Å²) in [6, 6.07) is 11.6. The van der Waals surface area contributed by atoms with Crippen molar-refractivity contribution in [3.63, 3.8) is 0 Å². The summed E-state index contributed by atoms with van der Waals surface area (Å²) in [4.78, 5) is 12.2. The Morgan fingerprint density at radius 3 is 2.37 bits per heavy atom. The summed E-state index contributed by atoms with van der Waals surface area (Å²) in [6.45, 7) is 4.07. The Kier molecular flexibility index (Phi) is 7.24. The number of halogens is 1. The van der Waals surface area contributed by atoms with Gasteiger partial charge in [-0.1, -0.05) is 37.6 Å². The fourth-order valence-corrected chi connectivity index (χ4v) is 3.67. The minimum absolute atomic E-state index is 0.00699. The maximum Gasteiger partial charge on any atom is 0.240 e. The van der Waals surface area contributed by atoms with Crippen LogP contribution < -0.4 is 14.8 Å². The van der Waals surface area contributed by atoms with Gasteiger partial charge in [0.05, 0.1) is 17.0 Å². The molecule has 0 aliphatic heterocycles. The molecule has 2 N–H and O–H groups in total. The molecule has 0 atom stereocenters. The highest BCUT2D eigenvalue weighted by atomic mass is 35.5. The van der Waals surface area contributed by atoms with E-state index in [1.807, 2.05) is 13.8 Å². The van der Waals surface area contributed by atoms with E-state index in [1.54, 1.807) is 42.5 Å². The zero-order chi connectivity index (χ0) is 20.0. The smallest absolute Gasteiger partial charge is 0.240 e. The van der Waals surface area contributed by atoms with Crippen molar-refractivity contribution < 1.29 is 17.9 Å². The van der Waals surface area contributed by atoms with Gasteiger partial charge < -0.3 is 10.1 Å². The molecule has 2 aromatic carbocycles. The van der Waals surface area contributed by atoms with E-state index in [9.17, 15) is 13.2 Å². The molecule has 6 nitrogen and oxygen atoms in total. The molecule has 146 valence electrons. The predicted molar refractivity (Wildman–Crippen MR) is 107 cm³/mol. The molecule has 0 aliphatic rings. The molecule has 0 bridgehead atoms. The molecular weight excluding hydrogens is 388 g/mol. The Morgan fingerprint density at radius 1 is 1.15 bits per heavy atom. The molecular formula is C19H23ClN2O4S. The molecule has 8 heteroatoms. The molecule has 27 heavy (non-hydrogen) atoms. The number of anilines is 1. The predicted octanol–water partition coefficient (Wildman–Crippen LogP) is 3.78. The normalized spacial score (nSPS) is 11.4. The standard InChI is InChI=1S/C19H23ClN2O4S/c1-13(2)14-4-7-16(8-5-14)27(24,25)21-11-10-19(23)22-15-6-9-18(26-3)17(20)12-15/h4-9,12-13,21H,10-11H2,1-3H3,(H,22,23). The Bertz CT molecular complexity index is 896. The van der Waals surface area contributed by atoms with Gasteiger partial charge in [0, 0.05) is 18.7 Å². The van der Waals surface area contributed by atoms with Gasteiger partial charge in [0.2, 0.25) is 15.9 Å². The average Bonchev–Trinajstić information content (AvgIpc) is 2.61. The molecule has 2 aromatic rings.